The molecule has 2 aromatic carbocycles. The molecule has 192 valence electrons. The van der Waals surface area contributed by atoms with Gasteiger partial charge in [0.25, 0.3) is 0 Å². The quantitative estimate of drug-likeness (QED) is 0.537. The first-order valence-corrected chi connectivity index (χ1v) is 13.0. The Morgan fingerprint density at radius 1 is 1.09 bits per heavy atom. The summed E-state index contributed by atoms with van der Waals surface area (Å²) in [5, 5.41) is 2.94. The molecule has 0 aliphatic carbocycles. The van der Waals surface area contributed by atoms with Gasteiger partial charge in [0.1, 0.15) is 11.8 Å². The van der Waals surface area contributed by atoms with Crippen molar-refractivity contribution in [1.82, 2.24) is 14.5 Å². The van der Waals surface area contributed by atoms with Crippen LogP contribution in [0.2, 0.25) is 0 Å². The summed E-state index contributed by atoms with van der Waals surface area (Å²) in [6.07, 6.45) is 0.367. The van der Waals surface area contributed by atoms with Crippen LogP contribution in [0.25, 0.3) is 0 Å². The average Bonchev–Trinajstić information content (AvgIpc) is 2.78. The fourth-order valence-corrected chi connectivity index (χ4v) is 4.72. The third-order valence-electron chi connectivity index (χ3n) is 5.46. The van der Waals surface area contributed by atoms with Crippen LogP contribution in [0.4, 0.5) is 0 Å². The van der Waals surface area contributed by atoms with E-state index in [2.05, 4.69) is 5.32 Å². The van der Waals surface area contributed by atoms with Crippen LogP contribution in [0.5, 0.6) is 5.75 Å². The predicted octanol–water partition coefficient (Wildman–Crippen LogP) is 3.35. The zero-order valence-electron chi connectivity index (χ0n) is 21.7. The summed E-state index contributed by atoms with van der Waals surface area (Å²) < 4.78 is 32.4. The Hall–Kier alpha value is -2.91. The highest BCUT2D eigenvalue weighted by Gasteiger charge is 2.33. The number of amides is 2. The molecule has 0 aromatic heterocycles. The molecule has 1 atom stereocenters. The molecular weight excluding hydrogens is 466 g/mol. The molecule has 8 nitrogen and oxygen atoms in total. The first kappa shape index (κ1) is 28.3. The smallest absolute Gasteiger partial charge is 0.243 e. The van der Waals surface area contributed by atoms with Crippen LogP contribution in [-0.2, 0) is 26.2 Å². The molecule has 2 aromatic rings. The van der Waals surface area contributed by atoms with Gasteiger partial charge < -0.3 is 15.0 Å². The number of likely N-dealkylation sites (N-methyl/N-ethyl adjacent to an activating group) is 1. The topological polar surface area (TPSA) is 96.0 Å². The van der Waals surface area contributed by atoms with Crippen LogP contribution in [0.3, 0.4) is 0 Å². The summed E-state index contributed by atoms with van der Waals surface area (Å²) in [6.45, 7) is 9.03. The standard InChI is InChI=1S/C26H37N3O5S/c1-8-23(25(31)27-26(3,4)5)29(17-20-10-9-11-21(16-20)34-7)24(30)18-28(6)35(32,33)22-14-12-19(2)13-15-22/h9-16,23H,8,17-18H2,1-7H3,(H,27,31)/t23-/m0/s1. The highest BCUT2D eigenvalue weighted by atomic mass is 32.2. The van der Waals surface area contributed by atoms with Crippen LogP contribution in [0.1, 0.15) is 45.2 Å². The van der Waals surface area contributed by atoms with Gasteiger partial charge in [0, 0.05) is 19.1 Å². The van der Waals surface area contributed by atoms with Crippen molar-refractivity contribution in [2.24, 2.45) is 0 Å². The fraction of sp³-hybridized carbons (Fsp3) is 0.462. The maximum Gasteiger partial charge on any atom is 0.243 e. The Labute approximate surface area is 209 Å². The number of hydrogen-bond acceptors (Lipinski definition) is 5. The Balaban J connectivity index is 2.37. The summed E-state index contributed by atoms with van der Waals surface area (Å²) in [6, 6.07) is 12.9. The van der Waals surface area contributed by atoms with Crippen molar-refractivity contribution < 1.29 is 22.7 Å². The Bertz CT molecular complexity index is 1120. The minimum absolute atomic E-state index is 0.107. The van der Waals surface area contributed by atoms with Crippen molar-refractivity contribution in [1.29, 1.82) is 0 Å². The van der Waals surface area contributed by atoms with Crippen molar-refractivity contribution >= 4 is 21.8 Å². The first-order chi connectivity index (χ1) is 16.3. The fourth-order valence-electron chi connectivity index (χ4n) is 3.60. The maximum atomic E-state index is 13.5. The van der Waals surface area contributed by atoms with Gasteiger partial charge in [0.05, 0.1) is 18.6 Å². The summed E-state index contributed by atoms with van der Waals surface area (Å²) in [4.78, 5) is 28.2. The van der Waals surface area contributed by atoms with Gasteiger partial charge in [-0.05, 0) is 63.9 Å². The van der Waals surface area contributed by atoms with Gasteiger partial charge in [-0.3, -0.25) is 9.59 Å². The highest BCUT2D eigenvalue weighted by molar-refractivity contribution is 7.89. The number of benzene rings is 2. The molecule has 0 aliphatic heterocycles. The van der Waals surface area contributed by atoms with Gasteiger partial charge in [0.2, 0.25) is 21.8 Å². The molecule has 0 spiro atoms. The van der Waals surface area contributed by atoms with E-state index in [-0.39, 0.29) is 17.3 Å². The number of methoxy groups -OCH3 is 1. The van der Waals surface area contributed by atoms with Gasteiger partial charge in [0.15, 0.2) is 0 Å². The van der Waals surface area contributed by atoms with E-state index >= 15 is 0 Å². The van der Waals surface area contributed by atoms with Crippen LogP contribution in [-0.4, -0.2) is 61.7 Å². The lowest BCUT2D eigenvalue weighted by molar-refractivity contribution is -0.142. The number of carbonyl (C=O) groups excluding carboxylic acids is 2. The van der Waals surface area contributed by atoms with E-state index in [0.29, 0.717) is 12.2 Å². The molecule has 0 saturated heterocycles. The van der Waals surface area contributed by atoms with E-state index in [0.717, 1.165) is 15.4 Å². The number of nitrogens with one attached hydrogen (secondary N) is 1. The molecule has 9 heteroatoms. The van der Waals surface area contributed by atoms with Gasteiger partial charge >= 0.3 is 0 Å². The molecule has 0 radical (unpaired) electrons. The summed E-state index contributed by atoms with van der Waals surface area (Å²) in [7, 11) is -0.962. The van der Waals surface area contributed by atoms with Crippen molar-refractivity contribution in [3.8, 4) is 5.75 Å². The van der Waals surface area contributed by atoms with E-state index in [9.17, 15) is 18.0 Å². The van der Waals surface area contributed by atoms with Gasteiger partial charge in [-0.25, -0.2) is 8.42 Å². The van der Waals surface area contributed by atoms with E-state index < -0.39 is 34.1 Å². The summed E-state index contributed by atoms with van der Waals surface area (Å²) in [5.41, 5.74) is 1.22. The third-order valence-corrected chi connectivity index (χ3v) is 7.28. The molecule has 0 aliphatic rings. The minimum Gasteiger partial charge on any atom is -0.497 e. The lowest BCUT2D eigenvalue weighted by Crippen LogP contribution is -2.55. The van der Waals surface area contributed by atoms with Gasteiger partial charge in [-0.2, -0.15) is 4.31 Å². The largest absolute Gasteiger partial charge is 0.497 e. The molecule has 0 bridgehead atoms. The van der Waals surface area contributed by atoms with Crippen molar-refractivity contribution in [2.75, 3.05) is 20.7 Å². The normalized spacial score (nSPS) is 12.8. The predicted molar refractivity (Wildman–Crippen MR) is 137 cm³/mol. The second-order valence-corrected chi connectivity index (χ2v) is 11.7. The van der Waals surface area contributed by atoms with Crippen molar-refractivity contribution in [3.05, 3.63) is 59.7 Å². The molecule has 0 fully saturated rings. The van der Waals surface area contributed by atoms with E-state index in [1.54, 1.807) is 37.4 Å². The molecular formula is C26H37N3O5S. The number of ether oxygens (including phenoxy) is 1. The zero-order valence-corrected chi connectivity index (χ0v) is 22.5. The Morgan fingerprint density at radius 2 is 1.71 bits per heavy atom. The lowest BCUT2D eigenvalue weighted by atomic mass is 10.1. The number of carbonyl (C=O) groups is 2. The highest BCUT2D eigenvalue weighted by Crippen LogP contribution is 2.20. The molecule has 2 amide bonds. The molecule has 0 heterocycles. The average molecular weight is 504 g/mol. The van der Waals surface area contributed by atoms with Gasteiger partial charge in [-0.15, -0.1) is 0 Å². The second-order valence-electron chi connectivity index (χ2n) is 9.61. The first-order valence-electron chi connectivity index (χ1n) is 11.6. The summed E-state index contributed by atoms with van der Waals surface area (Å²) in [5.74, 6) is -0.136. The number of nitrogens with zero attached hydrogens (tertiary/aromatic N) is 2. The van der Waals surface area contributed by atoms with Crippen LogP contribution in [0, 0.1) is 6.92 Å². The van der Waals surface area contributed by atoms with Crippen LogP contribution < -0.4 is 10.1 Å². The molecule has 2 rings (SSSR count). The number of hydrogen-bond donors (Lipinski definition) is 1. The van der Waals surface area contributed by atoms with E-state index in [1.165, 1.54) is 24.1 Å². The molecule has 0 unspecified atom stereocenters. The van der Waals surface area contributed by atoms with E-state index in [4.69, 9.17) is 4.74 Å². The maximum absolute atomic E-state index is 13.5. The van der Waals surface area contributed by atoms with E-state index in [1.807, 2.05) is 40.7 Å². The Morgan fingerprint density at radius 3 is 2.26 bits per heavy atom. The minimum atomic E-state index is -3.88. The second kappa shape index (κ2) is 11.7. The van der Waals surface area contributed by atoms with Gasteiger partial charge in [-0.1, -0.05) is 36.8 Å². The number of aryl methyl sites for hydroxylation is 1. The number of sulfonamides is 1. The number of rotatable bonds is 10. The SMILES string of the molecule is CC[C@@H](C(=O)NC(C)(C)C)N(Cc1cccc(OC)c1)C(=O)CN(C)S(=O)(=O)c1ccc(C)cc1. The Kier molecular flexibility index (Phi) is 9.45. The zero-order chi connectivity index (χ0) is 26.4. The molecule has 0 saturated carbocycles. The third kappa shape index (κ3) is 7.80. The van der Waals surface area contributed by atoms with Crippen LogP contribution in [0.15, 0.2) is 53.4 Å². The molecule has 1 N–H and O–H groups in total. The van der Waals surface area contributed by atoms with Crippen molar-refractivity contribution in [3.63, 3.8) is 0 Å². The van der Waals surface area contributed by atoms with Crippen LogP contribution >= 0.6 is 0 Å². The van der Waals surface area contributed by atoms with Crippen molar-refractivity contribution in [2.45, 2.75) is 64.1 Å². The summed E-state index contributed by atoms with van der Waals surface area (Å²) >= 11 is 0. The molecule has 35 heavy (non-hydrogen) atoms. The lowest BCUT2D eigenvalue weighted by Gasteiger charge is -2.34. The monoisotopic (exact) mass is 503 g/mol.